The van der Waals surface area contributed by atoms with Crippen molar-refractivity contribution in [1.82, 2.24) is 20.2 Å². The molecule has 6 nitrogen and oxygen atoms in total. The first-order chi connectivity index (χ1) is 11.8. The highest BCUT2D eigenvalue weighted by Crippen LogP contribution is 2.22. The number of nitrogens with zero attached hydrogens (tertiary/aromatic N) is 2. The number of nitrogens with one attached hydrogen (secondary N) is 2. The number of hydrogen-bond acceptors (Lipinski definition) is 4. The van der Waals surface area contributed by atoms with Gasteiger partial charge in [0.05, 0.1) is 0 Å². The molecule has 136 valence electrons. The molecule has 3 heterocycles. The van der Waals surface area contributed by atoms with Gasteiger partial charge in [0.15, 0.2) is 0 Å². The number of pyridine rings is 1. The molecule has 1 aliphatic heterocycles. The second-order valence-electron chi connectivity index (χ2n) is 7.76. The van der Waals surface area contributed by atoms with Gasteiger partial charge in [-0.2, -0.15) is 0 Å². The summed E-state index contributed by atoms with van der Waals surface area (Å²) in [5, 5.41) is 4.76. The van der Waals surface area contributed by atoms with Crippen molar-refractivity contribution in [2.45, 2.75) is 64.8 Å². The summed E-state index contributed by atoms with van der Waals surface area (Å²) in [6, 6.07) is 4.38. The third kappa shape index (κ3) is 4.12. The number of rotatable bonds is 3. The van der Waals surface area contributed by atoms with Crippen LogP contribution in [0.2, 0.25) is 0 Å². The maximum absolute atomic E-state index is 12.4. The van der Waals surface area contributed by atoms with Crippen LogP contribution in [-0.2, 0) is 11.3 Å². The molecule has 0 bridgehead atoms. The summed E-state index contributed by atoms with van der Waals surface area (Å²) in [4.78, 5) is 21.8. The normalized spacial score (nSPS) is 21.5. The molecule has 2 aromatic heterocycles. The lowest BCUT2D eigenvalue weighted by Gasteiger charge is -2.40. The number of carbonyl (C=O) groups is 1. The first-order valence-corrected chi connectivity index (χ1v) is 8.99. The fourth-order valence-electron chi connectivity index (χ4n) is 3.39. The zero-order chi connectivity index (χ0) is 18.0. The number of hydrogen-bond donors (Lipinski definition) is 2. The van der Waals surface area contributed by atoms with Gasteiger partial charge in [0.25, 0.3) is 0 Å². The van der Waals surface area contributed by atoms with Gasteiger partial charge in [-0.1, -0.05) is 0 Å². The van der Waals surface area contributed by atoms with Crippen LogP contribution in [0.4, 0.5) is 4.79 Å². The molecule has 1 fully saturated rings. The van der Waals surface area contributed by atoms with E-state index in [1.54, 1.807) is 6.20 Å². The molecule has 1 amide bonds. The van der Waals surface area contributed by atoms with Gasteiger partial charge in [-0.15, -0.1) is 0 Å². The number of fused-ring (bicyclic) bond motifs is 1. The molecule has 1 saturated heterocycles. The number of H-pyrrole nitrogens is 1. The summed E-state index contributed by atoms with van der Waals surface area (Å²) >= 11 is 0. The summed E-state index contributed by atoms with van der Waals surface area (Å²) in [5.41, 5.74) is 1.64. The predicted octanol–water partition coefficient (Wildman–Crippen LogP) is 3.44. The van der Waals surface area contributed by atoms with E-state index in [-0.39, 0.29) is 18.2 Å². The van der Waals surface area contributed by atoms with E-state index >= 15 is 0 Å². The lowest BCUT2D eigenvalue weighted by atomic mass is 9.97. The Bertz CT molecular complexity index is 734. The fraction of sp³-hybridized carbons (Fsp3) is 0.579. The van der Waals surface area contributed by atoms with Crippen LogP contribution in [-0.4, -0.2) is 45.2 Å². The molecule has 2 aromatic rings. The molecule has 3 rings (SSSR count). The van der Waals surface area contributed by atoms with E-state index < -0.39 is 5.60 Å². The van der Waals surface area contributed by atoms with Crippen LogP contribution in [0.5, 0.6) is 0 Å². The van der Waals surface area contributed by atoms with Gasteiger partial charge in [0.1, 0.15) is 11.2 Å². The second-order valence-corrected chi connectivity index (χ2v) is 7.76. The van der Waals surface area contributed by atoms with Crippen LogP contribution < -0.4 is 5.32 Å². The van der Waals surface area contributed by atoms with E-state index in [0.29, 0.717) is 0 Å². The van der Waals surface area contributed by atoms with E-state index in [2.05, 4.69) is 28.3 Å². The largest absolute Gasteiger partial charge is 0.444 e. The highest BCUT2D eigenvalue weighted by molar-refractivity contribution is 5.79. The Morgan fingerprint density at radius 3 is 3.04 bits per heavy atom. The topological polar surface area (TPSA) is 70.2 Å². The van der Waals surface area contributed by atoms with E-state index in [4.69, 9.17) is 4.74 Å². The van der Waals surface area contributed by atoms with Gasteiger partial charge in [0, 0.05) is 43.0 Å². The van der Waals surface area contributed by atoms with Crippen LogP contribution in [0.1, 0.15) is 46.1 Å². The molecule has 1 aliphatic rings. The van der Waals surface area contributed by atoms with Crippen LogP contribution in [0, 0.1) is 0 Å². The summed E-state index contributed by atoms with van der Waals surface area (Å²) in [7, 11) is 0. The van der Waals surface area contributed by atoms with Gasteiger partial charge >= 0.3 is 6.09 Å². The smallest absolute Gasteiger partial charge is 0.410 e. The van der Waals surface area contributed by atoms with Crippen molar-refractivity contribution < 1.29 is 9.53 Å². The first-order valence-electron chi connectivity index (χ1n) is 8.99. The maximum atomic E-state index is 12.4. The van der Waals surface area contributed by atoms with Gasteiger partial charge in [-0.25, -0.2) is 9.78 Å². The standard InChI is InChI=1S/C19H28N4O2/c1-13-16(8-6-10-23(13)18(24)25-19(2,3)4)21-11-14-12-22-17-15(14)7-5-9-20-17/h5,7,9,12-13,16,21H,6,8,10-11H2,1-4H3,(H,20,22). The van der Waals surface area contributed by atoms with E-state index in [1.807, 2.05) is 37.9 Å². The summed E-state index contributed by atoms with van der Waals surface area (Å²) < 4.78 is 5.55. The SMILES string of the molecule is CC1C(NCc2c[nH]c3ncccc23)CCCN1C(=O)OC(C)(C)C. The summed E-state index contributed by atoms with van der Waals surface area (Å²) in [5.74, 6) is 0. The molecule has 2 unspecified atom stereocenters. The predicted molar refractivity (Wildman–Crippen MR) is 98.4 cm³/mol. The van der Waals surface area contributed by atoms with E-state index in [0.717, 1.165) is 37.0 Å². The molecule has 0 aliphatic carbocycles. The van der Waals surface area contributed by atoms with Gasteiger partial charge in [-0.05, 0) is 58.2 Å². The molecular weight excluding hydrogens is 316 g/mol. The molecule has 0 spiro atoms. The van der Waals surface area contributed by atoms with Crippen molar-refractivity contribution in [3.63, 3.8) is 0 Å². The Morgan fingerprint density at radius 2 is 2.28 bits per heavy atom. The molecule has 2 atom stereocenters. The van der Waals surface area contributed by atoms with Crippen LogP contribution in [0.25, 0.3) is 11.0 Å². The number of piperidine rings is 1. The highest BCUT2D eigenvalue weighted by atomic mass is 16.6. The fourth-order valence-corrected chi connectivity index (χ4v) is 3.39. The third-order valence-electron chi connectivity index (χ3n) is 4.71. The first kappa shape index (κ1) is 17.7. The van der Waals surface area contributed by atoms with Crippen molar-refractivity contribution in [2.24, 2.45) is 0 Å². The number of amides is 1. The number of ether oxygens (including phenoxy) is 1. The zero-order valence-electron chi connectivity index (χ0n) is 15.5. The maximum Gasteiger partial charge on any atom is 0.410 e. The minimum Gasteiger partial charge on any atom is -0.444 e. The quantitative estimate of drug-likeness (QED) is 0.895. The van der Waals surface area contributed by atoms with Crippen molar-refractivity contribution >= 4 is 17.1 Å². The Morgan fingerprint density at radius 1 is 1.48 bits per heavy atom. The molecular formula is C19H28N4O2. The zero-order valence-corrected chi connectivity index (χ0v) is 15.5. The average molecular weight is 344 g/mol. The van der Waals surface area contributed by atoms with Crippen molar-refractivity contribution in [2.75, 3.05) is 6.54 Å². The monoisotopic (exact) mass is 344 g/mol. The Labute approximate surface area is 149 Å². The Hall–Kier alpha value is -2.08. The van der Waals surface area contributed by atoms with Gasteiger partial charge in [-0.3, -0.25) is 0 Å². The Kier molecular flexibility index (Phi) is 4.99. The molecule has 0 radical (unpaired) electrons. The third-order valence-corrected chi connectivity index (χ3v) is 4.71. The lowest BCUT2D eigenvalue weighted by molar-refractivity contribution is 0.00699. The van der Waals surface area contributed by atoms with Crippen molar-refractivity contribution in [3.05, 3.63) is 30.1 Å². The Balaban J connectivity index is 1.63. The van der Waals surface area contributed by atoms with Gasteiger partial charge in [0.2, 0.25) is 0 Å². The van der Waals surface area contributed by atoms with E-state index in [1.165, 1.54) is 5.56 Å². The average Bonchev–Trinajstić information content (AvgIpc) is 2.95. The second kappa shape index (κ2) is 7.04. The minimum atomic E-state index is -0.464. The van der Waals surface area contributed by atoms with Gasteiger partial charge < -0.3 is 19.9 Å². The number of carbonyl (C=O) groups excluding carboxylic acids is 1. The minimum absolute atomic E-state index is 0.104. The summed E-state index contributed by atoms with van der Waals surface area (Å²) in [6.07, 6.45) is 5.61. The number of aromatic amines is 1. The van der Waals surface area contributed by atoms with Crippen molar-refractivity contribution in [1.29, 1.82) is 0 Å². The molecule has 25 heavy (non-hydrogen) atoms. The van der Waals surface area contributed by atoms with E-state index in [9.17, 15) is 4.79 Å². The molecule has 0 aromatic carbocycles. The van der Waals surface area contributed by atoms with Crippen molar-refractivity contribution in [3.8, 4) is 0 Å². The molecule has 6 heteroatoms. The summed E-state index contributed by atoms with van der Waals surface area (Å²) in [6.45, 7) is 9.31. The lowest BCUT2D eigenvalue weighted by Crippen LogP contribution is -2.55. The van der Waals surface area contributed by atoms with Crippen LogP contribution in [0.3, 0.4) is 0 Å². The molecule has 0 saturated carbocycles. The number of likely N-dealkylation sites (tertiary alicyclic amines) is 1. The molecule has 2 N–H and O–H groups in total. The number of aromatic nitrogens is 2. The highest BCUT2D eigenvalue weighted by Gasteiger charge is 2.33. The van der Waals surface area contributed by atoms with Crippen LogP contribution in [0.15, 0.2) is 24.5 Å². The van der Waals surface area contributed by atoms with Crippen LogP contribution >= 0.6 is 0 Å².